The monoisotopic (exact) mass is 236 g/mol. The molecule has 0 radical (unpaired) electrons. The zero-order valence-corrected chi connectivity index (χ0v) is 9.11. The molecule has 1 rings (SSSR count). The molecule has 0 aliphatic rings. The zero-order chi connectivity index (χ0) is 12.7. The van der Waals surface area contributed by atoms with E-state index >= 15 is 0 Å². The van der Waals surface area contributed by atoms with E-state index in [4.69, 9.17) is 0 Å². The summed E-state index contributed by atoms with van der Waals surface area (Å²) < 4.78 is 52.1. The van der Waals surface area contributed by atoms with Crippen LogP contribution in [-0.4, -0.2) is 5.11 Å². The topological polar surface area (TPSA) is 20.2 Å². The molecule has 1 nitrogen and oxygen atoms in total. The lowest BCUT2D eigenvalue weighted by atomic mass is 9.84. The second-order valence-electron chi connectivity index (χ2n) is 4.65. The number of benzene rings is 1. The van der Waals surface area contributed by atoms with E-state index in [0.717, 1.165) is 0 Å². The number of aliphatic hydroxyl groups excluding tert-OH is 1. The van der Waals surface area contributed by atoms with E-state index in [1.165, 1.54) is 20.8 Å². The van der Waals surface area contributed by atoms with Gasteiger partial charge in [-0.25, -0.2) is 17.6 Å². The number of halogens is 4. The molecule has 5 heteroatoms. The minimum absolute atomic E-state index is 0.225. The van der Waals surface area contributed by atoms with Crippen molar-refractivity contribution in [2.24, 2.45) is 5.41 Å². The quantitative estimate of drug-likeness (QED) is 0.450. The standard InChI is InChI=1S/C11H12F4O/c1-11(2,3)10(16)7-5(12)4-6(13)8(14)9(7)15/h4,10,16H,1-3H3. The van der Waals surface area contributed by atoms with Gasteiger partial charge in [-0.1, -0.05) is 20.8 Å². The van der Waals surface area contributed by atoms with Crippen molar-refractivity contribution in [3.63, 3.8) is 0 Å². The summed E-state index contributed by atoms with van der Waals surface area (Å²) in [5.74, 6) is -6.36. The average Bonchev–Trinajstić information content (AvgIpc) is 2.13. The summed E-state index contributed by atoms with van der Waals surface area (Å²) in [5, 5.41) is 9.66. The summed E-state index contributed by atoms with van der Waals surface area (Å²) in [7, 11) is 0. The van der Waals surface area contributed by atoms with Gasteiger partial charge in [-0.15, -0.1) is 0 Å². The van der Waals surface area contributed by atoms with Crippen molar-refractivity contribution in [3.05, 3.63) is 34.9 Å². The Morgan fingerprint density at radius 3 is 1.94 bits per heavy atom. The maximum absolute atomic E-state index is 13.3. The molecule has 0 aliphatic carbocycles. The van der Waals surface area contributed by atoms with Crippen molar-refractivity contribution >= 4 is 0 Å². The first-order valence-corrected chi connectivity index (χ1v) is 4.67. The van der Waals surface area contributed by atoms with Crippen LogP contribution in [-0.2, 0) is 0 Å². The van der Waals surface area contributed by atoms with Crippen LogP contribution in [0.2, 0.25) is 0 Å². The third-order valence-electron chi connectivity index (χ3n) is 2.24. The Morgan fingerprint density at radius 1 is 1.00 bits per heavy atom. The first-order valence-electron chi connectivity index (χ1n) is 4.67. The number of hydrogen-bond acceptors (Lipinski definition) is 1. The molecule has 0 fully saturated rings. The van der Waals surface area contributed by atoms with E-state index in [0.29, 0.717) is 0 Å². The van der Waals surface area contributed by atoms with E-state index in [9.17, 15) is 22.7 Å². The third kappa shape index (κ3) is 2.19. The Bertz CT molecular complexity index is 409. The molecule has 0 heterocycles. The van der Waals surface area contributed by atoms with Gasteiger partial charge in [-0.3, -0.25) is 0 Å². The van der Waals surface area contributed by atoms with Gasteiger partial charge in [-0.05, 0) is 5.41 Å². The van der Waals surface area contributed by atoms with Crippen LogP contribution >= 0.6 is 0 Å². The Kier molecular flexibility index (Phi) is 3.28. The van der Waals surface area contributed by atoms with Gasteiger partial charge in [0.15, 0.2) is 17.5 Å². The molecule has 16 heavy (non-hydrogen) atoms. The summed E-state index contributed by atoms with van der Waals surface area (Å²) >= 11 is 0. The van der Waals surface area contributed by atoms with Crippen molar-refractivity contribution < 1.29 is 22.7 Å². The predicted octanol–water partition coefficient (Wildman–Crippen LogP) is 3.32. The van der Waals surface area contributed by atoms with E-state index in [2.05, 4.69) is 0 Å². The first-order chi connectivity index (χ1) is 7.16. The van der Waals surface area contributed by atoms with Crippen LogP contribution in [0.3, 0.4) is 0 Å². The SMILES string of the molecule is CC(C)(C)C(O)c1c(F)cc(F)c(F)c1F. The van der Waals surface area contributed by atoms with Crippen molar-refractivity contribution in [2.75, 3.05) is 0 Å². The highest BCUT2D eigenvalue weighted by Crippen LogP contribution is 2.36. The van der Waals surface area contributed by atoms with Gasteiger partial charge >= 0.3 is 0 Å². The maximum atomic E-state index is 13.3. The molecule has 1 aromatic carbocycles. The average molecular weight is 236 g/mol. The molecule has 1 atom stereocenters. The van der Waals surface area contributed by atoms with Gasteiger partial charge < -0.3 is 5.11 Å². The maximum Gasteiger partial charge on any atom is 0.194 e. The Hall–Kier alpha value is -1.10. The van der Waals surface area contributed by atoms with E-state index < -0.39 is 40.4 Å². The van der Waals surface area contributed by atoms with Crippen LogP contribution in [0.25, 0.3) is 0 Å². The van der Waals surface area contributed by atoms with Crippen molar-refractivity contribution in [3.8, 4) is 0 Å². The van der Waals surface area contributed by atoms with E-state index in [1.54, 1.807) is 0 Å². The fraction of sp³-hybridized carbons (Fsp3) is 0.455. The van der Waals surface area contributed by atoms with Crippen LogP contribution in [0.15, 0.2) is 6.07 Å². The van der Waals surface area contributed by atoms with Crippen molar-refractivity contribution in [1.82, 2.24) is 0 Å². The lowest BCUT2D eigenvalue weighted by Gasteiger charge is -2.26. The van der Waals surface area contributed by atoms with Crippen molar-refractivity contribution in [1.29, 1.82) is 0 Å². The second kappa shape index (κ2) is 4.05. The fourth-order valence-corrected chi connectivity index (χ4v) is 1.26. The molecular formula is C11H12F4O. The number of hydrogen-bond donors (Lipinski definition) is 1. The molecule has 90 valence electrons. The molecule has 1 unspecified atom stereocenters. The third-order valence-corrected chi connectivity index (χ3v) is 2.24. The summed E-state index contributed by atoms with van der Waals surface area (Å²) in [5.41, 5.74) is -1.72. The Labute approximate surface area is 90.7 Å². The lowest BCUT2D eigenvalue weighted by Crippen LogP contribution is -2.21. The molecule has 0 aliphatic heterocycles. The number of rotatable bonds is 1. The van der Waals surface area contributed by atoms with Crippen LogP contribution in [0.1, 0.15) is 32.4 Å². The molecule has 0 amide bonds. The van der Waals surface area contributed by atoms with Crippen LogP contribution < -0.4 is 0 Å². The van der Waals surface area contributed by atoms with Gasteiger partial charge in [-0.2, -0.15) is 0 Å². The second-order valence-corrected chi connectivity index (χ2v) is 4.65. The fourth-order valence-electron chi connectivity index (χ4n) is 1.26. The van der Waals surface area contributed by atoms with Gasteiger partial charge in [0.05, 0.1) is 11.7 Å². The van der Waals surface area contributed by atoms with Crippen LogP contribution in [0.5, 0.6) is 0 Å². The van der Waals surface area contributed by atoms with E-state index in [1.807, 2.05) is 0 Å². The molecule has 0 saturated heterocycles. The van der Waals surface area contributed by atoms with Gasteiger partial charge in [0.2, 0.25) is 0 Å². The summed E-state index contributed by atoms with van der Waals surface area (Å²) in [6, 6.07) is 0.225. The largest absolute Gasteiger partial charge is 0.388 e. The van der Waals surface area contributed by atoms with Crippen LogP contribution in [0.4, 0.5) is 17.6 Å². The highest BCUT2D eigenvalue weighted by Gasteiger charge is 2.31. The molecule has 0 spiro atoms. The highest BCUT2D eigenvalue weighted by molar-refractivity contribution is 5.25. The minimum atomic E-state index is -1.78. The Morgan fingerprint density at radius 2 is 1.50 bits per heavy atom. The molecule has 0 aromatic heterocycles. The van der Waals surface area contributed by atoms with Gasteiger partial charge in [0.1, 0.15) is 5.82 Å². The molecular weight excluding hydrogens is 224 g/mol. The van der Waals surface area contributed by atoms with Crippen LogP contribution in [0, 0.1) is 28.7 Å². The number of aliphatic hydroxyl groups is 1. The van der Waals surface area contributed by atoms with Gasteiger partial charge in [0, 0.05) is 6.07 Å². The normalized spacial score (nSPS) is 14.0. The Balaban J connectivity index is 3.40. The molecule has 1 N–H and O–H groups in total. The zero-order valence-electron chi connectivity index (χ0n) is 9.11. The predicted molar refractivity (Wildman–Crippen MR) is 50.7 cm³/mol. The smallest absolute Gasteiger partial charge is 0.194 e. The lowest BCUT2D eigenvalue weighted by molar-refractivity contribution is 0.0550. The molecule has 0 bridgehead atoms. The first kappa shape index (κ1) is 13.0. The summed E-state index contributed by atoms with van der Waals surface area (Å²) in [6.07, 6.45) is -1.55. The minimum Gasteiger partial charge on any atom is -0.388 e. The van der Waals surface area contributed by atoms with E-state index in [-0.39, 0.29) is 6.07 Å². The summed E-state index contributed by atoms with van der Waals surface area (Å²) in [4.78, 5) is 0. The highest BCUT2D eigenvalue weighted by atomic mass is 19.2. The van der Waals surface area contributed by atoms with Gasteiger partial charge in [0.25, 0.3) is 0 Å². The summed E-state index contributed by atoms with van der Waals surface area (Å²) in [6.45, 7) is 4.58. The molecule has 1 aromatic rings. The van der Waals surface area contributed by atoms with Crippen molar-refractivity contribution in [2.45, 2.75) is 26.9 Å². The molecule has 0 saturated carbocycles.